The topological polar surface area (TPSA) is 37.4 Å². The Morgan fingerprint density at radius 1 is 1.24 bits per heavy atom. The van der Waals surface area contributed by atoms with Gasteiger partial charge in [-0.2, -0.15) is 0 Å². The number of nitrogens with one attached hydrogen (secondary N) is 1. The SMILES string of the molecule is Cc1ccc(F)c(N2CCOc3cc(SNc4nccs4)ccc32)c1. The molecule has 128 valence electrons. The molecule has 1 aromatic heterocycles. The van der Waals surface area contributed by atoms with Gasteiger partial charge < -0.3 is 14.4 Å². The molecule has 2 aromatic carbocycles. The summed E-state index contributed by atoms with van der Waals surface area (Å²) in [5, 5.41) is 2.78. The molecule has 4 nitrogen and oxygen atoms in total. The van der Waals surface area contributed by atoms with Crippen molar-refractivity contribution in [2.45, 2.75) is 11.8 Å². The fourth-order valence-electron chi connectivity index (χ4n) is 2.72. The number of hydrogen-bond donors (Lipinski definition) is 1. The first-order valence-corrected chi connectivity index (χ1v) is 9.53. The van der Waals surface area contributed by atoms with Crippen LogP contribution in [-0.2, 0) is 0 Å². The van der Waals surface area contributed by atoms with Gasteiger partial charge in [0.05, 0.1) is 17.9 Å². The van der Waals surface area contributed by atoms with Crippen molar-refractivity contribution >= 4 is 39.8 Å². The van der Waals surface area contributed by atoms with E-state index in [1.165, 1.54) is 18.0 Å². The lowest BCUT2D eigenvalue weighted by molar-refractivity contribution is 0.313. The number of aromatic nitrogens is 1. The molecule has 0 bridgehead atoms. The Balaban J connectivity index is 1.60. The summed E-state index contributed by atoms with van der Waals surface area (Å²) in [6.07, 6.45) is 1.76. The monoisotopic (exact) mass is 373 g/mol. The van der Waals surface area contributed by atoms with Gasteiger partial charge >= 0.3 is 0 Å². The number of anilines is 3. The summed E-state index contributed by atoms with van der Waals surface area (Å²) in [6.45, 7) is 3.11. The highest BCUT2D eigenvalue weighted by Crippen LogP contribution is 2.40. The summed E-state index contributed by atoms with van der Waals surface area (Å²) in [5.74, 6) is 0.542. The predicted molar refractivity (Wildman–Crippen MR) is 102 cm³/mol. The number of ether oxygens (including phenoxy) is 1. The van der Waals surface area contributed by atoms with Gasteiger partial charge in [0.15, 0.2) is 5.13 Å². The van der Waals surface area contributed by atoms with Crippen molar-refractivity contribution in [3.63, 3.8) is 0 Å². The van der Waals surface area contributed by atoms with E-state index in [1.54, 1.807) is 23.6 Å². The summed E-state index contributed by atoms with van der Waals surface area (Å²) < 4.78 is 23.3. The van der Waals surface area contributed by atoms with Gasteiger partial charge in [-0.05, 0) is 54.8 Å². The van der Waals surface area contributed by atoms with E-state index in [0.29, 0.717) is 18.8 Å². The first kappa shape index (κ1) is 16.2. The van der Waals surface area contributed by atoms with E-state index in [2.05, 4.69) is 9.71 Å². The molecule has 1 N–H and O–H groups in total. The van der Waals surface area contributed by atoms with Crippen LogP contribution in [0.15, 0.2) is 52.9 Å². The Hall–Kier alpha value is -2.25. The average molecular weight is 373 g/mol. The van der Waals surface area contributed by atoms with E-state index in [4.69, 9.17) is 4.74 Å². The van der Waals surface area contributed by atoms with Crippen molar-refractivity contribution in [2.75, 3.05) is 22.8 Å². The minimum Gasteiger partial charge on any atom is -0.489 e. The number of rotatable bonds is 4. The molecule has 0 fully saturated rings. The molecule has 2 heterocycles. The number of fused-ring (bicyclic) bond motifs is 1. The Bertz CT molecular complexity index is 886. The first-order chi connectivity index (χ1) is 12.2. The number of aryl methyl sites for hydroxylation is 1. The van der Waals surface area contributed by atoms with E-state index in [0.717, 1.165) is 27.0 Å². The van der Waals surface area contributed by atoms with Crippen LogP contribution >= 0.6 is 23.3 Å². The van der Waals surface area contributed by atoms with Crippen molar-refractivity contribution in [3.8, 4) is 5.75 Å². The molecular weight excluding hydrogens is 357 g/mol. The van der Waals surface area contributed by atoms with Gasteiger partial charge in [0.2, 0.25) is 0 Å². The normalized spacial score (nSPS) is 13.3. The molecule has 25 heavy (non-hydrogen) atoms. The van der Waals surface area contributed by atoms with Crippen LogP contribution in [0.1, 0.15) is 5.56 Å². The summed E-state index contributed by atoms with van der Waals surface area (Å²) in [4.78, 5) is 7.18. The molecule has 3 aromatic rings. The maximum absolute atomic E-state index is 14.3. The van der Waals surface area contributed by atoms with Gasteiger partial charge in [0, 0.05) is 16.5 Å². The maximum atomic E-state index is 14.3. The third-order valence-electron chi connectivity index (χ3n) is 3.88. The minimum absolute atomic E-state index is 0.220. The molecule has 0 aliphatic carbocycles. The predicted octanol–water partition coefficient (Wildman–Crippen LogP) is 5.24. The van der Waals surface area contributed by atoms with Gasteiger partial charge in [0.25, 0.3) is 0 Å². The summed E-state index contributed by atoms with van der Waals surface area (Å²) in [5.41, 5.74) is 2.50. The number of benzene rings is 2. The van der Waals surface area contributed by atoms with E-state index in [9.17, 15) is 4.39 Å². The molecule has 0 unspecified atom stereocenters. The van der Waals surface area contributed by atoms with E-state index in [-0.39, 0.29) is 5.82 Å². The second-order valence-corrected chi connectivity index (χ2v) is 7.40. The van der Waals surface area contributed by atoms with Crippen LogP contribution < -0.4 is 14.4 Å². The number of nitrogens with zero attached hydrogens (tertiary/aromatic N) is 2. The molecule has 0 saturated carbocycles. The lowest BCUT2D eigenvalue weighted by atomic mass is 10.1. The highest BCUT2D eigenvalue weighted by molar-refractivity contribution is 8.00. The summed E-state index contributed by atoms with van der Waals surface area (Å²) in [7, 11) is 0. The second-order valence-electron chi connectivity index (χ2n) is 5.63. The van der Waals surface area contributed by atoms with Gasteiger partial charge in [-0.1, -0.05) is 6.07 Å². The number of halogens is 1. The fraction of sp³-hybridized carbons (Fsp3) is 0.167. The highest BCUT2D eigenvalue weighted by atomic mass is 32.2. The zero-order valence-electron chi connectivity index (χ0n) is 13.5. The van der Waals surface area contributed by atoms with Gasteiger partial charge in [-0.15, -0.1) is 11.3 Å². The molecule has 4 rings (SSSR count). The lowest BCUT2D eigenvalue weighted by Crippen LogP contribution is -2.29. The highest BCUT2D eigenvalue weighted by Gasteiger charge is 2.22. The van der Waals surface area contributed by atoms with Crippen LogP contribution in [0.2, 0.25) is 0 Å². The van der Waals surface area contributed by atoms with Gasteiger partial charge in [0.1, 0.15) is 18.2 Å². The minimum atomic E-state index is -0.220. The first-order valence-electron chi connectivity index (χ1n) is 7.83. The van der Waals surface area contributed by atoms with Gasteiger partial charge in [-0.25, -0.2) is 9.37 Å². The fourth-order valence-corrected chi connectivity index (χ4v) is 3.97. The third kappa shape index (κ3) is 3.43. The van der Waals surface area contributed by atoms with Crippen molar-refractivity contribution in [1.82, 2.24) is 4.98 Å². The van der Waals surface area contributed by atoms with Crippen LogP contribution in [0.25, 0.3) is 0 Å². The van der Waals surface area contributed by atoms with Crippen LogP contribution in [0.5, 0.6) is 5.75 Å². The van der Waals surface area contributed by atoms with E-state index >= 15 is 0 Å². The molecule has 1 aliphatic heterocycles. The smallest absolute Gasteiger partial charge is 0.192 e. The molecule has 0 amide bonds. The van der Waals surface area contributed by atoms with E-state index < -0.39 is 0 Å². The quantitative estimate of drug-likeness (QED) is 0.633. The Morgan fingerprint density at radius 3 is 3.00 bits per heavy atom. The third-order valence-corrected chi connectivity index (χ3v) is 5.48. The largest absolute Gasteiger partial charge is 0.489 e. The Labute approximate surface area is 153 Å². The molecule has 1 aliphatic rings. The van der Waals surface area contributed by atoms with Crippen molar-refractivity contribution in [1.29, 1.82) is 0 Å². The average Bonchev–Trinajstić information content (AvgIpc) is 3.15. The molecule has 0 spiro atoms. The standard InChI is InChI=1S/C18H16FN3OS2/c1-12-2-4-14(19)16(10-12)22-7-8-23-17-11-13(3-5-15(17)22)25-21-18-20-6-9-24-18/h2-6,9-11H,7-8H2,1H3,(H,20,21). The lowest BCUT2D eigenvalue weighted by Gasteiger charge is -2.32. The van der Waals surface area contributed by atoms with E-state index in [1.807, 2.05) is 41.5 Å². The molecule has 0 saturated heterocycles. The molecular formula is C18H16FN3OS2. The summed E-state index contributed by atoms with van der Waals surface area (Å²) in [6, 6.07) is 11.1. The summed E-state index contributed by atoms with van der Waals surface area (Å²) >= 11 is 3.03. The zero-order chi connectivity index (χ0) is 17.2. The molecule has 0 radical (unpaired) electrons. The van der Waals surface area contributed by atoms with Crippen molar-refractivity contribution in [2.24, 2.45) is 0 Å². The molecule has 7 heteroatoms. The number of thiazole rings is 1. The van der Waals surface area contributed by atoms with Crippen LogP contribution in [0, 0.1) is 12.7 Å². The maximum Gasteiger partial charge on any atom is 0.192 e. The van der Waals surface area contributed by atoms with Gasteiger partial charge in [-0.3, -0.25) is 0 Å². The van der Waals surface area contributed by atoms with Crippen LogP contribution in [0.3, 0.4) is 0 Å². The van der Waals surface area contributed by atoms with Crippen molar-refractivity contribution in [3.05, 3.63) is 59.4 Å². The van der Waals surface area contributed by atoms with Crippen LogP contribution in [-0.4, -0.2) is 18.1 Å². The second kappa shape index (κ2) is 6.93. The van der Waals surface area contributed by atoms with Crippen molar-refractivity contribution < 1.29 is 9.13 Å². The Kier molecular flexibility index (Phi) is 4.50. The Morgan fingerprint density at radius 2 is 2.16 bits per heavy atom. The van der Waals surface area contributed by atoms with Crippen LogP contribution in [0.4, 0.5) is 20.9 Å². The zero-order valence-corrected chi connectivity index (χ0v) is 15.2. The number of hydrogen-bond acceptors (Lipinski definition) is 6. The molecule has 0 atom stereocenters.